The number of esters is 1. The van der Waals surface area contributed by atoms with Gasteiger partial charge in [-0.05, 0) is 56.2 Å². The molecule has 0 atom stereocenters. The number of carbonyl (C=O) groups excluding carboxylic acids is 1. The molecule has 0 aliphatic rings. The first-order valence-corrected chi connectivity index (χ1v) is 7.02. The summed E-state index contributed by atoms with van der Waals surface area (Å²) in [5.41, 5.74) is 2.99. The predicted molar refractivity (Wildman–Crippen MR) is 79.5 cm³/mol. The topological polar surface area (TPSA) is 26.3 Å². The lowest BCUT2D eigenvalue weighted by molar-refractivity contribution is 0.0600. The van der Waals surface area contributed by atoms with Gasteiger partial charge in [-0.3, -0.25) is 0 Å². The predicted octanol–water partition coefficient (Wildman–Crippen LogP) is 4.46. The van der Waals surface area contributed by atoms with Crippen molar-refractivity contribution in [2.24, 2.45) is 0 Å². The van der Waals surface area contributed by atoms with E-state index < -0.39 is 0 Å². The molecule has 0 aliphatic heterocycles. The molecular weight excluding hydrogens is 236 g/mol. The maximum Gasteiger partial charge on any atom is 0.338 e. The number of rotatable bonds is 7. The molecule has 0 N–H and O–H groups in total. The number of carbonyl (C=O) groups is 1. The van der Waals surface area contributed by atoms with Crippen molar-refractivity contribution < 1.29 is 9.53 Å². The van der Waals surface area contributed by atoms with Crippen molar-refractivity contribution >= 4 is 5.97 Å². The van der Waals surface area contributed by atoms with Gasteiger partial charge in [0.2, 0.25) is 0 Å². The molecule has 0 spiro atoms. The lowest BCUT2D eigenvalue weighted by Gasteiger charge is -2.09. The smallest absolute Gasteiger partial charge is 0.338 e. The zero-order valence-corrected chi connectivity index (χ0v) is 12.2. The fourth-order valence-corrected chi connectivity index (χ4v) is 2.15. The van der Waals surface area contributed by atoms with Crippen molar-refractivity contribution in [1.29, 1.82) is 0 Å². The average Bonchev–Trinajstić information content (AvgIpc) is 2.43. The van der Waals surface area contributed by atoms with Crippen LogP contribution in [0.5, 0.6) is 0 Å². The Bertz CT molecular complexity index is 433. The minimum atomic E-state index is -0.245. The molecule has 0 aromatic heterocycles. The average molecular weight is 260 g/mol. The molecule has 0 heterocycles. The Morgan fingerprint density at radius 1 is 1.26 bits per heavy atom. The van der Waals surface area contributed by atoms with Gasteiger partial charge in [-0.2, -0.15) is 0 Å². The summed E-state index contributed by atoms with van der Waals surface area (Å²) < 4.78 is 4.79. The lowest BCUT2D eigenvalue weighted by atomic mass is 9.98. The summed E-state index contributed by atoms with van der Waals surface area (Å²) in [5, 5.41) is 0. The molecule has 1 aromatic carbocycles. The molecule has 0 amide bonds. The number of allylic oxidation sites excluding steroid dienone is 2. The molecular formula is C17H24O2. The number of ether oxygens (including phenoxy) is 1. The van der Waals surface area contributed by atoms with Crippen molar-refractivity contribution in [3.63, 3.8) is 0 Å². The van der Waals surface area contributed by atoms with E-state index in [0.29, 0.717) is 5.56 Å². The maximum atomic E-state index is 11.6. The molecule has 1 rings (SSSR count). The molecule has 0 bridgehead atoms. The van der Waals surface area contributed by atoms with Crippen LogP contribution in [0.25, 0.3) is 0 Å². The highest BCUT2D eigenvalue weighted by atomic mass is 16.5. The SMILES string of the molecule is CC/C=C/CCCCc1cccc(C(=O)OC)c1C. The summed E-state index contributed by atoms with van der Waals surface area (Å²) >= 11 is 0. The van der Waals surface area contributed by atoms with Crippen molar-refractivity contribution in [3.8, 4) is 0 Å². The Morgan fingerprint density at radius 2 is 2.05 bits per heavy atom. The highest BCUT2D eigenvalue weighted by Crippen LogP contribution is 2.17. The standard InChI is InChI=1S/C17H24O2/c1-4-5-6-7-8-9-11-15-12-10-13-16(14(15)2)17(18)19-3/h5-6,10,12-13H,4,7-9,11H2,1-3H3/b6-5+. The van der Waals surface area contributed by atoms with Crippen molar-refractivity contribution in [3.05, 3.63) is 47.0 Å². The van der Waals surface area contributed by atoms with E-state index in [1.165, 1.54) is 19.1 Å². The fourth-order valence-electron chi connectivity index (χ4n) is 2.15. The summed E-state index contributed by atoms with van der Waals surface area (Å²) in [6, 6.07) is 5.86. The van der Waals surface area contributed by atoms with Crippen LogP contribution in [-0.2, 0) is 11.2 Å². The van der Waals surface area contributed by atoms with Gasteiger partial charge in [0.1, 0.15) is 0 Å². The molecule has 0 radical (unpaired) electrons. The number of hydrogen-bond acceptors (Lipinski definition) is 2. The third kappa shape index (κ3) is 4.90. The van der Waals surface area contributed by atoms with Gasteiger partial charge in [-0.1, -0.05) is 31.2 Å². The van der Waals surface area contributed by atoms with Crippen LogP contribution < -0.4 is 0 Å². The van der Waals surface area contributed by atoms with Gasteiger partial charge in [-0.25, -0.2) is 4.79 Å². The third-order valence-electron chi connectivity index (χ3n) is 3.32. The first kappa shape index (κ1) is 15.5. The Kier molecular flexibility index (Phi) is 6.94. The van der Waals surface area contributed by atoms with Crippen LogP contribution in [0.2, 0.25) is 0 Å². The van der Waals surface area contributed by atoms with Gasteiger partial charge in [0.25, 0.3) is 0 Å². The molecule has 19 heavy (non-hydrogen) atoms. The molecule has 0 aliphatic carbocycles. The second-order valence-electron chi connectivity index (χ2n) is 4.71. The maximum absolute atomic E-state index is 11.6. The van der Waals surface area contributed by atoms with E-state index in [1.54, 1.807) is 0 Å². The largest absolute Gasteiger partial charge is 0.465 e. The highest BCUT2D eigenvalue weighted by molar-refractivity contribution is 5.91. The second-order valence-corrected chi connectivity index (χ2v) is 4.71. The zero-order valence-electron chi connectivity index (χ0n) is 12.2. The normalized spacial score (nSPS) is 10.9. The number of hydrogen-bond donors (Lipinski definition) is 0. The van der Waals surface area contributed by atoms with E-state index in [4.69, 9.17) is 4.74 Å². The van der Waals surface area contributed by atoms with Crippen LogP contribution in [-0.4, -0.2) is 13.1 Å². The molecule has 0 unspecified atom stereocenters. The van der Waals surface area contributed by atoms with E-state index in [1.807, 2.05) is 19.1 Å². The minimum Gasteiger partial charge on any atom is -0.465 e. The highest BCUT2D eigenvalue weighted by Gasteiger charge is 2.11. The van der Waals surface area contributed by atoms with Crippen LogP contribution in [0.3, 0.4) is 0 Å². The first-order chi connectivity index (χ1) is 9.20. The van der Waals surface area contributed by atoms with Gasteiger partial charge < -0.3 is 4.74 Å². The van der Waals surface area contributed by atoms with Crippen LogP contribution >= 0.6 is 0 Å². The first-order valence-electron chi connectivity index (χ1n) is 7.02. The third-order valence-corrected chi connectivity index (χ3v) is 3.32. The summed E-state index contributed by atoms with van der Waals surface area (Å²) in [5.74, 6) is -0.245. The Morgan fingerprint density at radius 3 is 2.74 bits per heavy atom. The van der Waals surface area contributed by atoms with E-state index in [-0.39, 0.29) is 5.97 Å². The molecule has 1 aromatic rings. The minimum absolute atomic E-state index is 0.245. The number of aryl methyl sites for hydroxylation is 1. The summed E-state index contributed by atoms with van der Waals surface area (Å²) in [7, 11) is 1.43. The second kappa shape index (κ2) is 8.52. The van der Waals surface area contributed by atoms with Crippen LogP contribution in [0.1, 0.15) is 54.1 Å². The summed E-state index contributed by atoms with van der Waals surface area (Å²) in [6.07, 6.45) is 10.1. The lowest BCUT2D eigenvalue weighted by Crippen LogP contribution is -2.05. The molecule has 0 fully saturated rings. The number of methoxy groups -OCH3 is 1. The number of benzene rings is 1. The molecule has 104 valence electrons. The monoisotopic (exact) mass is 260 g/mol. The van der Waals surface area contributed by atoms with E-state index in [9.17, 15) is 4.79 Å². The summed E-state index contributed by atoms with van der Waals surface area (Å²) in [6.45, 7) is 4.15. The molecule has 2 heteroatoms. The van der Waals surface area contributed by atoms with Gasteiger partial charge in [0.15, 0.2) is 0 Å². The van der Waals surface area contributed by atoms with Gasteiger partial charge >= 0.3 is 5.97 Å². The van der Waals surface area contributed by atoms with Crippen molar-refractivity contribution in [2.45, 2.75) is 46.0 Å². The van der Waals surface area contributed by atoms with Gasteiger partial charge in [0, 0.05) is 0 Å². The van der Waals surface area contributed by atoms with E-state index in [2.05, 4.69) is 25.1 Å². The van der Waals surface area contributed by atoms with Gasteiger partial charge in [-0.15, -0.1) is 0 Å². The van der Waals surface area contributed by atoms with Gasteiger partial charge in [0.05, 0.1) is 12.7 Å². The molecule has 0 saturated heterocycles. The molecule has 0 saturated carbocycles. The van der Waals surface area contributed by atoms with E-state index >= 15 is 0 Å². The van der Waals surface area contributed by atoms with Crippen LogP contribution in [0, 0.1) is 6.92 Å². The summed E-state index contributed by atoms with van der Waals surface area (Å²) in [4.78, 5) is 11.6. The number of unbranched alkanes of at least 4 members (excludes halogenated alkanes) is 2. The zero-order chi connectivity index (χ0) is 14.1. The Hall–Kier alpha value is -1.57. The van der Waals surface area contributed by atoms with Crippen molar-refractivity contribution in [1.82, 2.24) is 0 Å². The Balaban J connectivity index is 2.54. The van der Waals surface area contributed by atoms with Crippen LogP contribution in [0.15, 0.2) is 30.4 Å². The quantitative estimate of drug-likeness (QED) is 0.411. The van der Waals surface area contributed by atoms with Crippen LogP contribution in [0.4, 0.5) is 0 Å². The fraction of sp³-hybridized carbons (Fsp3) is 0.471. The Labute approximate surface area is 116 Å². The molecule has 2 nitrogen and oxygen atoms in total. The van der Waals surface area contributed by atoms with E-state index in [0.717, 1.165) is 31.2 Å². The van der Waals surface area contributed by atoms with Crippen molar-refractivity contribution in [2.75, 3.05) is 7.11 Å².